The van der Waals surface area contributed by atoms with E-state index in [0.29, 0.717) is 31.9 Å². The van der Waals surface area contributed by atoms with E-state index in [1.54, 1.807) is 11.0 Å². The number of hydrogen-bond donors (Lipinski definition) is 2. The zero-order chi connectivity index (χ0) is 23.8. The van der Waals surface area contributed by atoms with E-state index in [9.17, 15) is 9.18 Å². The molecule has 1 saturated carbocycles. The highest BCUT2D eigenvalue weighted by Crippen LogP contribution is 2.43. The van der Waals surface area contributed by atoms with E-state index < -0.39 is 11.3 Å². The van der Waals surface area contributed by atoms with Gasteiger partial charge in [0.1, 0.15) is 17.1 Å². The number of guanidine groups is 2. The van der Waals surface area contributed by atoms with Crippen LogP contribution < -0.4 is 21.3 Å². The molecular weight excluding hydrogens is 425 g/mol. The molecule has 33 heavy (non-hydrogen) atoms. The van der Waals surface area contributed by atoms with Gasteiger partial charge in [0, 0.05) is 26.2 Å². The average molecular weight is 460 g/mol. The molecular formula is C23H34FN7O2. The van der Waals surface area contributed by atoms with E-state index in [1.165, 1.54) is 12.1 Å². The van der Waals surface area contributed by atoms with Gasteiger partial charge in [-0.05, 0) is 64.7 Å². The first-order valence-electron chi connectivity index (χ1n) is 11.6. The Labute approximate surface area is 194 Å². The van der Waals surface area contributed by atoms with Crippen molar-refractivity contribution in [3.8, 4) is 0 Å². The highest BCUT2D eigenvalue weighted by Gasteiger charge is 2.44. The molecule has 0 radical (unpaired) electrons. The van der Waals surface area contributed by atoms with E-state index in [1.807, 2.05) is 25.7 Å². The Bertz CT molecular complexity index is 958. The fourth-order valence-electron chi connectivity index (χ4n) is 4.87. The summed E-state index contributed by atoms with van der Waals surface area (Å²) in [6.07, 6.45) is 4.31. The molecule has 3 aliphatic rings. The van der Waals surface area contributed by atoms with Gasteiger partial charge in [0.15, 0.2) is 0 Å². The molecule has 10 heteroatoms. The van der Waals surface area contributed by atoms with Crippen LogP contribution in [0.5, 0.6) is 0 Å². The lowest BCUT2D eigenvalue weighted by molar-refractivity contribution is 0.0240. The molecule has 2 heterocycles. The summed E-state index contributed by atoms with van der Waals surface area (Å²) in [6.45, 7) is 7.74. The second-order valence-corrected chi connectivity index (χ2v) is 9.91. The van der Waals surface area contributed by atoms with Crippen molar-refractivity contribution in [2.24, 2.45) is 21.5 Å². The van der Waals surface area contributed by atoms with Crippen molar-refractivity contribution in [1.29, 1.82) is 0 Å². The van der Waals surface area contributed by atoms with Gasteiger partial charge in [-0.25, -0.2) is 14.2 Å². The van der Waals surface area contributed by atoms with E-state index >= 15 is 0 Å². The number of carbonyl (C=O) groups excluding carboxylic acids is 1. The lowest BCUT2D eigenvalue weighted by Gasteiger charge is -2.47. The topological polar surface area (TPSA) is 113 Å². The van der Waals surface area contributed by atoms with Gasteiger partial charge >= 0.3 is 6.09 Å². The minimum absolute atomic E-state index is 0.162. The summed E-state index contributed by atoms with van der Waals surface area (Å²) in [4.78, 5) is 27.1. The smallest absolute Gasteiger partial charge is 0.410 e. The van der Waals surface area contributed by atoms with Crippen LogP contribution in [-0.2, 0) is 4.74 Å². The fraction of sp³-hybridized carbons (Fsp3) is 0.609. The first-order valence-corrected chi connectivity index (χ1v) is 11.6. The summed E-state index contributed by atoms with van der Waals surface area (Å²) in [5.74, 6) is 0.0284. The fourth-order valence-corrected chi connectivity index (χ4v) is 4.87. The van der Waals surface area contributed by atoms with Gasteiger partial charge in [0.25, 0.3) is 0 Å². The second-order valence-electron chi connectivity index (χ2n) is 9.91. The molecule has 1 aromatic rings. The van der Waals surface area contributed by atoms with Crippen LogP contribution in [0.15, 0.2) is 28.2 Å². The molecule has 9 nitrogen and oxygen atoms in total. The van der Waals surface area contributed by atoms with E-state index in [0.717, 1.165) is 37.8 Å². The van der Waals surface area contributed by atoms with Crippen LogP contribution in [0.3, 0.4) is 0 Å². The van der Waals surface area contributed by atoms with Gasteiger partial charge in [-0.3, -0.25) is 4.90 Å². The summed E-state index contributed by atoms with van der Waals surface area (Å²) >= 11 is 0. The summed E-state index contributed by atoms with van der Waals surface area (Å²) in [5, 5.41) is 0. The number of rotatable bonds is 2. The SMILES string of the molecule is CC(C)(C)OC(=O)N1CCN(c2ccc(F)cc2N2C(N)=NC(N)=NC23CCCCC3)CC1. The second kappa shape index (κ2) is 8.72. The van der Waals surface area contributed by atoms with Crippen molar-refractivity contribution in [1.82, 2.24) is 4.90 Å². The summed E-state index contributed by atoms with van der Waals surface area (Å²) in [7, 11) is 0. The van der Waals surface area contributed by atoms with Crippen molar-refractivity contribution in [3.63, 3.8) is 0 Å². The highest BCUT2D eigenvalue weighted by molar-refractivity contribution is 6.07. The van der Waals surface area contributed by atoms with Gasteiger partial charge in [-0.15, -0.1) is 0 Å². The predicted molar refractivity (Wildman–Crippen MR) is 128 cm³/mol. The Hall–Kier alpha value is -3.04. The van der Waals surface area contributed by atoms with Crippen LogP contribution >= 0.6 is 0 Å². The summed E-state index contributed by atoms with van der Waals surface area (Å²) < 4.78 is 20.0. The zero-order valence-electron chi connectivity index (χ0n) is 19.7. The Balaban J connectivity index is 1.61. The molecule has 0 unspecified atom stereocenters. The van der Waals surface area contributed by atoms with Crippen LogP contribution in [-0.4, -0.2) is 60.4 Å². The monoisotopic (exact) mass is 459 g/mol. The van der Waals surface area contributed by atoms with Gasteiger partial charge in [-0.1, -0.05) is 6.42 Å². The number of piperazine rings is 1. The van der Waals surface area contributed by atoms with Crippen LogP contribution in [0.4, 0.5) is 20.6 Å². The number of anilines is 2. The van der Waals surface area contributed by atoms with E-state index in [2.05, 4.69) is 9.89 Å². The number of aliphatic imine (C=N–C) groups is 2. The average Bonchev–Trinajstić information content (AvgIpc) is 2.73. The highest BCUT2D eigenvalue weighted by atomic mass is 19.1. The number of ether oxygens (including phenoxy) is 1. The first kappa shape index (κ1) is 23.1. The zero-order valence-corrected chi connectivity index (χ0v) is 19.7. The summed E-state index contributed by atoms with van der Waals surface area (Å²) in [6, 6.07) is 4.70. The Morgan fingerprint density at radius 3 is 2.36 bits per heavy atom. The molecule has 1 saturated heterocycles. The first-order chi connectivity index (χ1) is 15.6. The van der Waals surface area contributed by atoms with Gasteiger partial charge in [-0.2, -0.15) is 4.99 Å². The number of carbonyl (C=O) groups is 1. The quantitative estimate of drug-likeness (QED) is 0.703. The molecule has 1 amide bonds. The minimum Gasteiger partial charge on any atom is -0.444 e. The Kier molecular flexibility index (Phi) is 6.11. The molecule has 1 aromatic carbocycles. The lowest BCUT2D eigenvalue weighted by Crippen LogP contribution is -2.59. The molecule has 2 aliphatic heterocycles. The number of hydrogen-bond acceptors (Lipinski definition) is 8. The van der Waals surface area contributed by atoms with Crippen LogP contribution in [0.2, 0.25) is 0 Å². The summed E-state index contributed by atoms with van der Waals surface area (Å²) in [5.41, 5.74) is 12.6. The number of amides is 1. The molecule has 4 rings (SSSR count). The maximum absolute atomic E-state index is 14.5. The number of nitrogens with two attached hydrogens (primary N) is 2. The Morgan fingerprint density at radius 1 is 1.06 bits per heavy atom. The van der Waals surface area contributed by atoms with Gasteiger partial charge < -0.3 is 26.0 Å². The third-order valence-electron chi connectivity index (χ3n) is 6.30. The van der Waals surface area contributed by atoms with E-state index in [4.69, 9.17) is 21.2 Å². The van der Waals surface area contributed by atoms with Crippen molar-refractivity contribution in [3.05, 3.63) is 24.0 Å². The third kappa shape index (κ3) is 4.84. The predicted octanol–water partition coefficient (Wildman–Crippen LogP) is 2.99. The molecule has 180 valence electrons. The van der Waals surface area contributed by atoms with Crippen LogP contribution in [0.25, 0.3) is 0 Å². The van der Waals surface area contributed by atoms with E-state index in [-0.39, 0.29) is 23.8 Å². The largest absolute Gasteiger partial charge is 0.444 e. The molecule has 2 fully saturated rings. The van der Waals surface area contributed by atoms with Crippen LogP contribution in [0, 0.1) is 5.82 Å². The number of benzene rings is 1. The number of nitrogens with zero attached hydrogens (tertiary/aromatic N) is 5. The van der Waals surface area contributed by atoms with Gasteiger partial charge in [0.2, 0.25) is 11.9 Å². The lowest BCUT2D eigenvalue weighted by atomic mass is 9.87. The van der Waals surface area contributed by atoms with Crippen molar-refractivity contribution < 1.29 is 13.9 Å². The normalized spacial score (nSPS) is 21.0. The maximum Gasteiger partial charge on any atom is 0.410 e. The minimum atomic E-state index is -0.658. The molecule has 1 aliphatic carbocycles. The molecule has 0 atom stereocenters. The standard InChI is InChI=1S/C23H34FN7O2/c1-22(2,3)33-21(32)30-13-11-29(12-14-30)17-8-7-16(24)15-18(17)31-20(26)27-19(25)28-23(31)9-5-4-6-10-23/h7-8,15H,4-6,9-14H2,1-3H3,(H4,25,26,27,28). The molecule has 0 bridgehead atoms. The maximum atomic E-state index is 14.5. The molecule has 4 N–H and O–H groups in total. The molecule has 0 aromatic heterocycles. The van der Waals surface area contributed by atoms with Crippen LogP contribution in [0.1, 0.15) is 52.9 Å². The van der Waals surface area contributed by atoms with Crippen molar-refractivity contribution in [2.75, 3.05) is 36.0 Å². The number of halogens is 1. The van der Waals surface area contributed by atoms with Gasteiger partial charge in [0.05, 0.1) is 11.4 Å². The Morgan fingerprint density at radius 2 is 1.73 bits per heavy atom. The third-order valence-corrected chi connectivity index (χ3v) is 6.30. The van der Waals surface area contributed by atoms with Crippen molar-refractivity contribution in [2.45, 2.75) is 64.1 Å². The molecule has 1 spiro atoms. The van der Waals surface area contributed by atoms with Crippen molar-refractivity contribution >= 4 is 29.4 Å².